The number of hydrogen-bond donors (Lipinski definition) is 1. The first-order valence-electron chi connectivity index (χ1n) is 8.23. The normalized spacial score (nSPS) is 18.1. The summed E-state index contributed by atoms with van der Waals surface area (Å²) >= 11 is 0. The van der Waals surface area contributed by atoms with E-state index >= 15 is 0 Å². The fourth-order valence-corrected chi connectivity index (χ4v) is 2.78. The minimum Gasteiger partial charge on any atom is -0.480 e. The van der Waals surface area contributed by atoms with E-state index in [0.717, 1.165) is 11.1 Å². The van der Waals surface area contributed by atoms with Crippen molar-refractivity contribution in [3.63, 3.8) is 0 Å². The standard InChI is InChI=1S/C19H27NO4/c1-18(2,3)14-8-7-12-10-15(16(21)22)20(11-13(12)9-14)17(23)24-19(4,5)6/h7-9,15H,10-11H2,1-6H3,(H,21,22)/t15-/m1/s1. The first-order valence-corrected chi connectivity index (χ1v) is 8.23. The van der Waals surface area contributed by atoms with Crippen LogP contribution in [0.5, 0.6) is 0 Å². The number of rotatable bonds is 1. The lowest BCUT2D eigenvalue weighted by molar-refractivity contribution is -0.143. The number of benzene rings is 1. The maximum Gasteiger partial charge on any atom is 0.411 e. The molecule has 0 saturated carbocycles. The van der Waals surface area contributed by atoms with Crippen LogP contribution in [0, 0.1) is 0 Å². The van der Waals surface area contributed by atoms with Gasteiger partial charge in [0.15, 0.2) is 0 Å². The van der Waals surface area contributed by atoms with E-state index in [1.165, 1.54) is 10.5 Å². The van der Waals surface area contributed by atoms with E-state index < -0.39 is 23.7 Å². The van der Waals surface area contributed by atoms with Gasteiger partial charge in [0.1, 0.15) is 11.6 Å². The average molecular weight is 333 g/mol. The fraction of sp³-hybridized carbons (Fsp3) is 0.579. The molecule has 1 aromatic rings. The number of hydrogen-bond acceptors (Lipinski definition) is 3. The van der Waals surface area contributed by atoms with Crippen LogP contribution in [-0.2, 0) is 27.9 Å². The molecule has 5 nitrogen and oxygen atoms in total. The van der Waals surface area contributed by atoms with Crippen LogP contribution >= 0.6 is 0 Å². The lowest BCUT2D eigenvalue weighted by Crippen LogP contribution is -2.50. The molecule has 0 radical (unpaired) electrons. The molecule has 24 heavy (non-hydrogen) atoms. The topological polar surface area (TPSA) is 66.8 Å². The van der Waals surface area contributed by atoms with E-state index in [-0.39, 0.29) is 12.0 Å². The molecule has 1 N–H and O–H groups in total. The Morgan fingerprint density at radius 1 is 1.12 bits per heavy atom. The minimum atomic E-state index is -1.01. The average Bonchev–Trinajstić information content (AvgIpc) is 2.42. The van der Waals surface area contributed by atoms with Crippen LogP contribution < -0.4 is 0 Å². The predicted octanol–water partition coefficient (Wildman–Crippen LogP) is 3.73. The number of aliphatic carboxylic acids is 1. The van der Waals surface area contributed by atoms with Crippen LogP contribution in [0.25, 0.3) is 0 Å². The molecule has 1 heterocycles. The molecule has 1 atom stereocenters. The van der Waals surface area contributed by atoms with Crippen LogP contribution in [0.1, 0.15) is 58.2 Å². The molecule has 0 unspecified atom stereocenters. The van der Waals surface area contributed by atoms with Crippen molar-refractivity contribution < 1.29 is 19.4 Å². The summed E-state index contributed by atoms with van der Waals surface area (Å²) in [5.74, 6) is -1.01. The minimum absolute atomic E-state index is 0.00454. The van der Waals surface area contributed by atoms with Crippen molar-refractivity contribution >= 4 is 12.1 Å². The van der Waals surface area contributed by atoms with Crippen molar-refractivity contribution in [2.24, 2.45) is 0 Å². The second kappa shape index (κ2) is 6.11. The number of carboxylic acids is 1. The first kappa shape index (κ1) is 18.3. The second-order valence-corrected chi connectivity index (χ2v) is 8.40. The van der Waals surface area contributed by atoms with Crippen molar-refractivity contribution in [2.75, 3.05) is 0 Å². The lowest BCUT2D eigenvalue weighted by atomic mass is 9.83. The van der Waals surface area contributed by atoms with Crippen molar-refractivity contribution in [2.45, 2.75) is 71.6 Å². The SMILES string of the molecule is CC(C)(C)OC(=O)N1Cc2cc(C(C)(C)C)ccc2C[C@@H]1C(=O)O. The molecular formula is C19H27NO4. The maximum absolute atomic E-state index is 12.5. The van der Waals surface area contributed by atoms with Crippen LogP contribution in [0.4, 0.5) is 4.79 Å². The van der Waals surface area contributed by atoms with E-state index in [0.29, 0.717) is 6.42 Å². The molecule has 1 aliphatic rings. The third-order valence-corrected chi connectivity index (χ3v) is 4.12. The van der Waals surface area contributed by atoms with Gasteiger partial charge in [0, 0.05) is 6.42 Å². The zero-order valence-electron chi connectivity index (χ0n) is 15.3. The smallest absolute Gasteiger partial charge is 0.411 e. The third kappa shape index (κ3) is 4.08. The van der Waals surface area contributed by atoms with Gasteiger partial charge in [-0.2, -0.15) is 0 Å². The summed E-state index contributed by atoms with van der Waals surface area (Å²) in [7, 11) is 0. The Morgan fingerprint density at radius 2 is 1.75 bits per heavy atom. The quantitative estimate of drug-likeness (QED) is 0.850. The summed E-state index contributed by atoms with van der Waals surface area (Å²) < 4.78 is 5.39. The largest absolute Gasteiger partial charge is 0.480 e. The highest BCUT2D eigenvalue weighted by molar-refractivity contribution is 5.81. The molecule has 1 aliphatic heterocycles. The number of carbonyl (C=O) groups is 2. The number of amides is 1. The van der Waals surface area contributed by atoms with Gasteiger partial charge in [-0.05, 0) is 42.9 Å². The molecule has 2 rings (SSSR count). The molecule has 0 spiro atoms. The van der Waals surface area contributed by atoms with Gasteiger partial charge in [-0.15, -0.1) is 0 Å². The van der Waals surface area contributed by atoms with Crippen molar-refractivity contribution in [3.05, 3.63) is 34.9 Å². The summed E-state index contributed by atoms with van der Waals surface area (Å²) in [6.45, 7) is 12.0. The zero-order valence-corrected chi connectivity index (χ0v) is 15.3. The Hall–Kier alpha value is -2.04. The number of carbonyl (C=O) groups excluding carboxylic acids is 1. The van der Waals surface area contributed by atoms with E-state index in [1.807, 2.05) is 12.1 Å². The number of nitrogens with zero attached hydrogens (tertiary/aromatic N) is 1. The highest BCUT2D eigenvalue weighted by atomic mass is 16.6. The predicted molar refractivity (Wildman–Crippen MR) is 92.0 cm³/mol. The Balaban J connectivity index is 2.36. The Morgan fingerprint density at radius 3 is 2.25 bits per heavy atom. The van der Waals surface area contributed by atoms with E-state index in [4.69, 9.17) is 4.74 Å². The molecule has 0 aromatic heterocycles. The molecule has 5 heteroatoms. The van der Waals surface area contributed by atoms with Crippen molar-refractivity contribution in [3.8, 4) is 0 Å². The number of ether oxygens (including phenoxy) is 1. The molecule has 0 aliphatic carbocycles. The van der Waals surface area contributed by atoms with Gasteiger partial charge in [0.25, 0.3) is 0 Å². The van der Waals surface area contributed by atoms with E-state index in [2.05, 4.69) is 26.8 Å². The van der Waals surface area contributed by atoms with Gasteiger partial charge < -0.3 is 9.84 Å². The summed E-state index contributed by atoms with van der Waals surface area (Å²) in [6, 6.07) is 5.21. The maximum atomic E-state index is 12.5. The molecule has 0 saturated heterocycles. The summed E-state index contributed by atoms with van der Waals surface area (Å²) in [5.41, 5.74) is 2.48. The number of fused-ring (bicyclic) bond motifs is 1. The van der Waals surface area contributed by atoms with Gasteiger partial charge >= 0.3 is 12.1 Å². The first-order chi connectivity index (χ1) is 10.9. The second-order valence-electron chi connectivity index (χ2n) is 8.40. The summed E-state index contributed by atoms with van der Waals surface area (Å²) in [4.78, 5) is 25.4. The highest BCUT2D eigenvalue weighted by Crippen LogP contribution is 2.30. The van der Waals surface area contributed by atoms with Gasteiger partial charge in [0.05, 0.1) is 6.54 Å². The summed E-state index contributed by atoms with van der Waals surface area (Å²) in [6.07, 6.45) is -0.282. The molecule has 132 valence electrons. The molecule has 1 aromatic carbocycles. The fourth-order valence-electron chi connectivity index (χ4n) is 2.78. The lowest BCUT2D eigenvalue weighted by Gasteiger charge is -2.36. The van der Waals surface area contributed by atoms with E-state index in [9.17, 15) is 14.7 Å². The molecular weight excluding hydrogens is 306 g/mol. The van der Waals surface area contributed by atoms with Crippen molar-refractivity contribution in [1.29, 1.82) is 0 Å². The Labute approximate surface area is 143 Å². The van der Waals surface area contributed by atoms with Crippen LogP contribution in [0.2, 0.25) is 0 Å². The summed E-state index contributed by atoms with van der Waals surface area (Å²) in [5, 5.41) is 9.52. The molecule has 1 amide bonds. The van der Waals surface area contributed by atoms with E-state index in [1.54, 1.807) is 20.8 Å². The monoisotopic (exact) mass is 333 g/mol. The van der Waals surface area contributed by atoms with Crippen LogP contribution in [0.3, 0.4) is 0 Å². The molecule has 0 bridgehead atoms. The van der Waals surface area contributed by atoms with Gasteiger partial charge in [0.2, 0.25) is 0 Å². The van der Waals surface area contributed by atoms with Crippen molar-refractivity contribution in [1.82, 2.24) is 4.90 Å². The van der Waals surface area contributed by atoms with Crippen LogP contribution in [-0.4, -0.2) is 33.7 Å². The Bertz CT molecular complexity index is 652. The molecule has 0 fully saturated rings. The van der Waals surface area contributed by atoms with Gasteiger partial charge in [-0.25, -0.2) is 9.59 Å². The third-order valence-electron chi connectivity index (χ3n) is 4.12. The van der Waals surface area contributed by atoms with Crippen LogP contribution in [0.15, 0.2) is 18.2 Å². The van der Waals surface area contributed by atoms with Gasteiger partial charge in [-0.1, -0.05) is 39.0 Å². The zero-order chi connectivity index (χ0) is 18.3. The number of carboxylic acid groups (broad SMARTS) is 1. The highest BCUT2D eigenvalue weighted by Gasteiger charge is 2.37. The Kier molecular flexibility index (Phi) is 4.66. The van der Waals surface area contributed by atoms with Gasteiger partial charge in [-0.3, -0.25) is 4.90 Å².